The summed E-state index contributed by atoms with van der Waals surface area (Å²) in [6.45, 7) is 3.96. The molecule has 0 aliphatic heterocycles. The van der Waals surface area contributed by atoms with E-state index in [1.54, 1.807) is 7.11 Å². The lowest BCUT2D eigenvalue weighted by Gasteiger charge is -2.09. The van der Waals surface area contributed by atoms with Crippen molar-refractivity contribution in [1.29, 1.82) is 0 Å². The summed E-state index contributed by atoms with van der Waals surface area (Å²) < 4.78 is 10.2. The second kappa shape index (κ2) is 5.61. The molecule has 0 saturated heterocycles. The fourth-order valence-electron chi connectivity index (χ4n) is 1.69. The van der Waals surface area contributed by atoms with E-state index in [4.69, 9.17) is 9.15 Å². The molecule has 19 heavy (non-hydrogen) atoms. The molecule has 1 heterocycles. The second-order valence-corrected chi connectivity index (χ2v) is 4.58. The van der Waals surface area contributed by atoms with Gasteiger partial charge in [0, 0.05) is 29.4 Å². The van der Waals surface area contributed by atoms with E-state index in [2.05, 4.69) is 5.32 Å². The predicted molar refractivity (Wildman–Crippen MR) is 75.3 cm³/mol. The molecule has 0 saturated carbocycles. The van der Waals surface area contributed by atoms with Gasteiger partial charge in [0.05, 0.1) is 7.11 Å². The van der Waals surface area contributed by atoms with Crippen LogP contribution >= 0.6 is 0 Å². The Morgan fingerprint density at radius 2 is 1.79 bits per heavy atom. The van der Waals surface area contributed by atoms with Gasteiger partial charge in [-0.25, -0.2) is 4.79 Å². The molecule has 0 atom stereocenters. The standard InChI is InChI=1S/C15H17NO3/c1-10(2)14-8-12(9-15(17)19-14)16-11-4-6-13(18-3)7-5-11/h4-10,16H,1-3H3. The van der Waals surface area contributed by atoms with E-state index < -0.39 is 0 Å². The van der Waals surface area contributed by atoms with Crippen LogP contribution in [0.1, 0.15) is 25.5 Å². The van der Waals surface area contributed by atoms with Crippen molar-refractivity contribution >= 4 is 11.4 Å². The number of benzene rings is 1. The van der Waals surface area contributed by atoms with Gasteiger partial charge in [-0.3, -0.25) is 0 Å². The van der Waals surface area contributed by atoms with Crippen LogP contribution in [0.25, 0.3) is 0 Å². The first-order valence-electron chi connectivity index (χ1n) is 6.14. The van der Waals surface area contributed by atoms with E-state index >= 15 is 0 Å². The van der Waals surface area contributed by atoms with Crippen LogP contribution in [0.3, 0.4) is 0 Å². The molecule has 1 aromatic heterocycles. The minimum Gasteiger partial charge on any atom is -0.497 e. The Hall–Kier alpha value is -2.23. The SMILES string of the molecule is COc1ccc(Nc2cc(C(C)C)oc(=O)c2)cc1. The first-order valence-corrected chi connectivity index (χ1v) is 6.14. The van der Waals surface area contributed by atoms with Crippen LogP contribution in [0.15, 0.2) is 45.6 Å². The normalized spacial score (nSPS) is 10.5. The number of anilines is 2. The molecular weight excluding hydrogens is 242 g/mol. The first-order chi connectivity index (χ1) is 9.08. The Kier molecular flexibility index (Phi) is 3.90. The van der Waals surface area contributed by atoms with E-state index in [9.17, 15) is 4.79 Å². The van der Waals surface area contributed by atoms with Gasteiger partial charge >= 0.3 is 5.63 Å². The molecule has 0 unspecified atom stereocenters. The monoisotopic (exact) mass is 259 g/mol. The maximum atomic E-state index is 11.5. The van der Waals surface area contributed by atoms with Crippen LogP contribution in [0.2, 0.25) is 0 Å². The van der Waals surface area contributed by atoms with Crippen LogP contribution in [-0.2, 0) is 0 Å². The lowest BCUT2D eigenvalue weighted by atomic mass is 10.1. The van der Waals surface area contributed by atoms with E-state index in [0.29, 0.717) is 5.76 Å². The lowest BCUT2D eigenvalue weighted by molar-refractivity contribution is 0.415. The summed E-state index contributed by atoms with van der Waals surface area (Å²) in [7, 11) is 1.62. The summed E-state index contributed by atoms with van der Waals surface area (Å²) in [4.78, 5) is 11.5. The van der Waals surface area contributed by atoms with Crippen LogP contribution < -0.4 is 15.7 Å². The lowest BCUT2D eigenvalue weighted by Crippen LogP contribution is -2.03. The minimum absolute atomic E-state index is 0.172. The Labute approximate surface area is 112 Å². The molecule has 0 fully saturated rings. The van der Waals surface area contributed by atoms with E-state index in [0.717, 1.165) is 17.1 Å². The Morgan fingerprint density at radius 3 is 2.37 bits per heavy atom. The zero-order valence-electron chi connectivity index (χ0n) is 11.3. The molecule has 1 aromatic carbocycles. The van der Waals surface area contributed by atoms with Gasteiger partial charge in [0.1, 0.15) is 11.5 Å². The summed E-state index contributed by atoms with van der Waals surface area (Å²) in [5.41, 5.74) is 1.27. The number of ether oxygens (including phenoxy) is 1. The molecule has 0 amide bonds. The molecule has 2 aromatic rings. The highest BCUT2D eigenvalue weighted by molar-refractivity contribution is 5.60. The van der Waals surface area contributed by atoms with Gasteiger partial charge in [0.2, 0.25) is 0 Å². The summed E-state index contributed by atoms with van der Waals surface area (Å²) in [6.07, 6.45) is 0. The number of rotatable bonds is 4. The number of nitrogens with one attached hydrogen (secondary N) is 1. The topological polar surface area (TPSA) is 51.5 Å². The van der Waals surface area contributed by atoms with Gasteiger partial charge in [-0.05, 0) is 24.3 Å². The third-order valence-electron chi connectivity index (χ3n) is 2.74. The third kappa shape index (κ3) is 3.37. The molecule has 2 rings (SSSR count). The number of methoxy groups -OCH3 is 1. The second-order valence-electron chi connectivity index (χ2n) is 4.58. The van der Waals surface area contributed by atoms with E-state index in [1.165, 1.54) is 6.07 Å². The molecule has 0 spiro atoms. The van der Waals surface area contributed by atoms with Gasteiger partial charge in [-0.2, -0.15) is 0 Å². The van der Waals surface area contributed by atoms with Gasteiger partial charge < -0.3 is 14.5 Å². The number of hydrogen-bond acceptors (Lipinski definition) is 4. The largest absolute Gasteiger partial charge is 0.497 e. The van der Waals surface area contributed by atoms with Crippen molar-refractivity contribution in [3.05, 3.63) is 52.6 Å². The van der Waals surface area contributed by atoms with Crippen LogP contribution in [-0.4, -0.2) is 7.11 Å². The molecule has 0 aliphatic carbocycles. The fourth-order valence-corrected chi connectivity index (χ4v) is 1.69. The Bertz CT molecular complexity index is 600. The van der Waals surface area contributed by atoms with Crippen molar-refractivity contribution in [2.75, 3.05) is 12.4 Å². The average molecular weight is 259 g/mol. The molecule has 0 bridgehead atoms. The molecule has 1 N–H and O–H groups in total. The summed E-state index contributed by atoms with van der Waals surface area (Å²) >= 11 is 0. The minimum atomic E-state index is -0.345. The maximum absolute atomic E-state index is 11.5. The molecule has 0 aliphatic rings. The fraction of sp³-hybridized carbons (Fsp3) is 0.267. The molecular formula is C15H17NO3. The van der Waals surface area contributed by atoms with Crippen molar-refractivity contribution in [2.24, 2.45) is 0 Å². The van der Waals surface area contributed by atoms with Gasteiger partial charge in [0.25, 0.3) is 0 Å². The molecule has 100 valence electrons. The zero-order valence-corrected chi connectivity index (χ0v) is 11.3. The van der Waals surface area contributed by atoms with Crippen LogP contribution in [0.4, 0.5) is 11.4 Å². The van der Waals surface area contributed by atoms with E-state index in [-0.39, 0.29) is 11.5 Å². The first kappa shape index (κ1) is 13.2. The van der Waals surface area contributed by atoms with Crippen molar-refractivity contribution < 1.29 is 9.15 Å². The van der Waals surface area contributed by atoms with Gasteiger partial charge in [0.15, 0.2) is 0 Å². The average Bonchev–Trinajstić information content (AvgIpc) is 2.39. The van der Waals surface area contributed by atoms with Crippen molar-refractivity contribution in [3.63, 3.8) is 0 Å². The van der Waals surface area contributed by atoms with E-state index in [1.807, 2.05) is 44.2 Å². The van der Waals surface area contributed by atoms with Crippen molar-refractivity contribution in [2.45, 2.75) is 19.8 Å². The van der Waals surface area contributed by atoms with Crippen molar-refractivity contribution in [1.82, 2.24) is 0 Å². The highest BCUT2D eigenvalue weighted by Gasteiger charge is 2.06. The highest BCUT2D eigenvalue weighted by atomic mass is 16.5. The Balaban J connectivity index is 2.24. The summed E-state index contributed by atoms with van der Waals surface area (Å²) in [5.74, 6) is 1.63. The molecule has 4 nitrogen and oxygen atoms in total. The van der Waals surface area contributed by atoms with Gasteiger partial charge in [-0.1, -0.05) is 13.8 Å². The zero-order chi connectivity index (χ0) is 13.8. The molecule has 0 radical (unpaired) electrons. The molecule has 4 heteroatoms. The number of hydrogen-bond donors (Lipinski definition) is 1. The van der Waals surface area contributed by atoms with Crippen LogP contribution in [0, 0.1) is 0 Å². The predicted octanol–water partition coefficient (Wildman–Crippen LogP) is 3.52. The quantitative estimate of drug-likeness (QED) is 0.912. The highest BCUT2D eigenvalue weighted by Crippen LogP contribution is 2.21. The maximum Gasteiger partial charge on any atom is 0.337 e. The third-order valence-corrected chi connectivity index (χ3v) is 2.74. The summed E-state index contributed by atoms with van der Waals surface area (Å²) in [6, 6.07) is 10.8. The summed E-state index contributed by atoms with van der Waals surface area (Å²) in [5, 5.41) is 3.18. The van der Waals surface area contributed by atoms with Crippen molar-refractivity contribution in [3.8, 4) is 5.75 Å². The van der Waals surface area contributed by atoms with Crippen LogP contribution in [0.5, 0.6) is 5.75 Å². The Morgan fingerprint density at radius 1 is 1.11 bits per heavy atom. The smallest absolute Gasteiger partial charge is 0.337 e. The van der Waals surface area contributed by atoms with Gasteiger partial charge in [-0.15, -0.1) is 0 Å².